The van der Waals surface area contributed by atoms with Gasteiger partial charge in [0.15, 0.2) is 0 Å². The highest BCUT2D eigenvalue weighted by atomic mass is 79.9. The Morgan fingerprint density at radius 1 is 1.44 bits per heavy atom. The number of halogens is 3. The maximum absolute atomic E-state index is 14.1. The van der Waals surface area contributed by atoms with Gasteiger partial charge in [-0.05, 0) is 40.9 Å². The van der Waals surface area contributed by atoms with Crippen LogP contribution in [-0.4, -0.2) is 26.9 Å². The number of amides is 2. The number of urea groups is 1. The van der Waals surface area contributed by atoms with E-state index in [1.54, 1.807) is 4.90 Å². The van der Waals surface area contributed by atoms with E-state index in [1.807, 2.05) is 0 Å². The van der Waals surface area contributed by atoms with Crippen LogP contribution in [0.4, 0.5) is 14.9 Å². The summed E-state index contributed by atoms with van der Waals surface area (Å²) < 4.78 is 14.6. The van der Waals surface area contributed by atoms with Crippen LogP contribution in [0.25, 0.3) is 0 Å². The van der Waals surface area contributed by atoms with Gasteiger partial charge in [-0.25, -0.2) is 19.0 Å². The van der Waals surface area contributed by atoms with Gasteiger partial charge in [-0.1, -0.05) is 11.6 Å². The van der Waals surface area contributed by atoms with E-state index in [0.717, 1.165) is 30.2 Å². The van der Waals surface area contributed by atoms with Crippen molar-refractivity contribution in [3.05, 3.63) is 55.4 Å². The molecule has 2 aliphatic heterocycles. The predicted molar refractivity (Wildman–Crippen MR) is 94.3 cm³/mol. The minimum Gasteiger partial charge on any atom is -0.314 e. The molecule has 4 rings (SSSR count). The molecule has 0 aliphatic carbocycles. The standard InChI is InChI=1S/C16H13BrClFN4O2/c17-9-4-13(11(19)5-10(9)18)22-16(25)23-7-1-2-14(23)8-6-20-15(24)21-12(8)3-7/h4-7,14H,1-3H2,(H,22,25)(H,20,21,24)/t7-,14+/m0/s1. The molecule has 1 aromatic heterocycles. The van der Waals surface area contributed by atoms with Gasteiger partial charge < -0.3 is 15.2 Å². The van der Waals surface area contributed by atoms with Crippen molar-refractivity contribution in [3.63, 3.8) is 0 Å². The highest BCUT2D eigenvalue weighted by molar-refractivity contribution is 9.10. The average Bonchev–Trinajstić information content (AvgIpc) is 2.88. The lowest BCUT2D eigenvalue weighted by molar-refractivity contribution is 0.178. The van der Waals surface area contributed by atoms with Crippen LogP contribution in [0, 0.1) is 5.82 Å². The second kappa shape index (κ2) is 6.10. The van der Waals surface area contributed by atoms with E-state index in [0.29, 0.717) is 10.9 Å². The summed E-state index contributed by atoms with van der Waals surface area (Å²) in [5.41, 5.74) is 1.36. The van der Waals surface area contributed by atoms with Gasteiger partial charge in [0, 0.05) is 34.4 Å². The summed E-state index contributed by atoms with van der Waals surface area (Å²) >= 11 is 9.08. The molecule has 0 spiro atoms. The third-order valence-corrected chi connectivity index (χ3v) is 5.91. The Balaban J connectivity index is 1.63. The number of hydrogen-bond acceptors (Lipinski definition) is 3. The number of anilines is 1. The van der Waals surface area contributed by atoms with E-state index in [2.05, 4.69) is 31.2 Å². The molecule has 130 valence electrons. The minimum atomic E-state index is -0.600. The number of carbonyl (C=O) groups excluding carboxylic acids is 1. The third kappa shape index (κ3) is 2.83. The molecule has 25 heavy (non-hydrogen) atoms. The molecule has 1 aromatic carbocycles. The molecule has 2 bridgehead atoms. The van der Waals surface area contributed by atoms with Crippen molar-refractivity contribution in [1.82, 2.24) is 14.9 Å². The summed E-state index contributed by atoms with van der Waals surface area (Å²) in [6, 6.07) is 2.01. The first-order valence-corrected chi connectivity index (χ1v) is 8.93. The van der Waals surface area contributed by atoms with Gasteiger partial charge >= 0.3 is 11.7 Å². The van der Waals surface area contributed by atoms with Crippen LogP contribution < -0.4 is 11.0 Å². The SMILES string of the molecule is O=C(Nc1cc(Br)c(Cl)cc1F)N1[C@H]2CC[C@@H]1c1cnc(=O)[nH]c1C2. The Labute approximate surface area is 155 Å². The monoisotopic (exact) mass is 426 g/mol. The summed E-state index contributed by atoms with van der Waals surface area (Å²) in [5.74, 6) is -0.600. The number of hydrogen-bond donors (Lipinski definition) is 2. The van der Waals surface area contributed by atoms with Gasteiger partial charge in [0.1, 0.15) is 5.82 Å². The molecule has 3 heterocycles. The number of carbonyl (C=O) groups is 1. The van der Waals surface area contributed by atoms with E-state index in [1.165, 1.54) is 12.3 Å². The Bertz CT molecular complexity index is 935. The zero-order chi connectivity index (χ0) is 17.7. The first kappa shape index (κ1) is 16.5. The van der Waals surface area contributed by atoms with Crippen LogP contribution >= 0.6 is 27.5 Å². The Morgan fingerprint density at radius 2 is 2.24 bits per heavy atom. The highest BCUT2D eigenvalue weighted by Crippen LogP contribution is 2.43. The summed E-state index contributed by atoms with van der Waals surface area (Å²) in [4.78, 5) is 32.4. The van der Waals surface area contributed by atoms with Gasteiger partial charge in [0.05, 0.1) is 16.8 Å². The van der Waals surface area contributed by atoms with Crippen LogP contribution in [0.15, 0.2) is 27.6 Å². The molecule has 0 unspecified atom stereocenters. The van der Waals surface area contributed by atoms with Crippen LogP contribution in [0.3, 0.4) is 0 Å². The molecule has 2 aliphatic rings. The molecular formula is C16H13BrClFN4O2. The summed E-state index contributed by atoms with van der Waals surface area (Å²) in [5, 5.41) is 2.86. The maximum atomic E-state index is 14.1. The molecule has 0 radical (unpaired) electrons. The zero-order valence-corrected chi connectivity index (χ0v) is 15.2. The number of rotatable bonds is 1. The van der Waals surface area contributed by atoms with E-state index in [4.69, 9.17) is 11.6 Å². The Morgan fingerprint density at radius 3 is 3.04 bits per heavy atom. The third-order valence-electron chi connectivity index (χ3n) is 4.71. The molecule has 1 saturated heterocycles. The van der Waals surface area contributed by atoms with Crippen molar-refractivity contribution in [2.45, 2.75) is 31.3 Å². The van der Waals surface area contributed by atoms with E-state index < -0.39 is 5.82 Å². The molecule has 2 atom stereocenters. The molecule has 2 aromatic rings. The first-order valence-electron chi connectivity index (χ1n) is 7.76. The van der Waals surface area contributed by atoms with Crippen molar-refractivity contribution in [3.8, 4) is 0 Å². The molecule has 0 saturated carbocycles. The summed E-state index contributed by atoms with van der Waals surface area (Å²) in [7, 11) is 0. The summed E-state index contributed by atoms with van der Waals surface area (Å²) in [6.45, 7) is 0. The second-order valence-electron chi connectivity index (χ2n) is 6.16. The molecule has 2 N–H and O–H groups in total. The molecule has 2 amide bonds. The number of benzene rings is 1. The number of aromatic nitrogens is 2. The van der Waals surface area contributed by atoms with Crippen LogP contribution in [0.2, 0.25) is 5.02 Å². The van der Waals surface area contributed by atoms with Gasteiger partial charge in [0.25, 0.3) is 0 Å². The van der Waals surface area contributed by atoms with Gasteiger partial charge in [-0.2, -0.15) is 0 Å². The molecule has 1 fully saturated rings. The highest BCUT2D eigenvalue weighted by Gasteiger charge is 2.43. The van der Waals surface area contributed by atoms with E-state index in [9.17, 15) is 14.0 Å². The van der Waals surface area contributed by atoms with Gasteiger partial charge in [-0.15, -0.1) is 0 Å². The smallest absolute Gasteiger partial charge is 0.314 e. The van der Waals surface area contributed by atoms with Crippen molar-refractivity contribution in [2.75, 3.05) is 5.32 Å². The first-order chi connectivity index (χ1) is 11.9. The number of nitrogens with zero attached hydrogens (tertiary/aromatic N) is 2. The van der Waals surface area contributed by atoms with Crippen LogP contribution in [-0.2, 0) is 6.42 Å². The lowest BCUT2D eigenvalue weighted by Crippen LogP contribution is -2.45. The number of H-pyrrole nitrogens is 1. The second-order valence-corrected chi connectivity index (χ2v) is 7.42. The zero-order valence-electron chi connectivity index (χ0n) is 12.9. The van der Waals surface area contributed by atoms with Crippen molar-refractivity contribution in [1.29, 1.82) is 0 Å². The predicted octanol–water partition coefficient (Wildman–Crippen LogP) is 3.62. The van der Waals surface area contributed by atoms with Crippen molar-refractivity contribution < 1.29 is 9.18 Å². The minimum absolute atomic E-state index is 0.0330. The maximum Gasteiger partial charge on any atom is 0.345 e. The fourth-order valence-corrected chi connectivity index (χ4v) is 4.12. The van der Waals surface area contributed by atoms with E-state index in [-0.39, 0.29) is 34.5 Å². The summed E-state index contributed by atoms with van der Waals surface area (Å²) in [6.07, 6.45) is 3.69. The number of aromatic amines is 1. The lowest BCUT2D eigenvalue weighted by atomic mass is 10.00. The largest absolute Gasteiger partial charge is 0.345 e. The van der Waals surface area contributed by atoms with Crippen LogP contribution in [0.1, 0.15) is 30.1 Å². The number of fused-ring (bicyclic) bond motifs is 4. The van der Waals surface area contributed by atoms with E-state index >= 15 is 0 Å². The number of nitrogens with one attached hydrogen (secondary N) is 2. The molecular weight excluding hydrogens is 415 g/mol. The Kier molecular flexibility index (Phi) is 4.04. The van der Waals surface area contributed by atoms with Gasteiger partial charge in [-0.3, -0.25) is 0 Å². The van der Waals surface area contributed by atoms with Gasteiger partial charge in [0.2, 0.25) is 0 Å². The normalized spacial score (nSPS) is 21.2. The molecule has 9 heteroatoms. The average molecular weight is 428 g/mol. The van der Waals surface area contributed by atoms with Crippen molar-refractivity contribution in [2.24, 2.45) is 0 Å². The van der Waals surface area contributed by atoms with Crippen molar-refractivity contribution >= 4 is 39.2 Å². The topological polar surface area (TPSA) is 78.1 Å². The fraction of sp³-hybridized carbons (Fsp3) is 0.312. The van der Waals surface area contributed by atoms with Crippen LogP contribution in [0.5, 0.6) is 0 Å². The molecule has 6 nitrogen and oxygen atoms in total. The quantitative estimate of drug-likeness (QED) is 0.682. The fourth-order valence-electron chi connectivity index (χ4n) is 3.63. The Hall–Kier alpha value is -1.93. The lowest BCUT2D eigenvalue weighted by Gasteiger charge is -2.35.